The molecule has 4 heteroatoms. The maximum absolute atomic E-state index is 13.4. The van der Waals surface area contributed by atoms with Gasteiger partial charge >= 0.3 is 0 Å². The molecule has 130 valence electrons. The molecule has 0 radical (unpaired) electrons. The molecule has 0 saturated heterocycles. The second-order valence-corrected chi connectivity index (χ2v) is 6.49. The molecule has 1 amide bonds. The predicted molar refractivity (Wildman–Crippen MR) is 99.9 cm³/mol. The summed E-state index contributed by atoms with van der Waals surface area (Å²) in [6.07, 6.45) is 0. The van der Waals surface area contributed by atoms with Gasteiger partial charge in [-0.1, -0.05) is 60.7 Å². The Morgan fingerprint density at radius 3 is 2.38 bits per heavy atom. The zero-order valence-corrected chi connectivity index (χ0v) is 14.2. The van der Waals surface area contributed by atoms with Crippen molar-refractivity contribution in [1.29, 1.82) is 0 Å². The smallest absolute Gasteiger partial charge is 0.246 e. The van der Waals surface area contributed by atoms with E-state index < -0.39 is 6.04 Å². The van der Waals surface area contributed by atoms with Gasteiger partial charge in [0.15, 0.2) is 0 Å². The summed E-state index contributed by atoms with van der Waals surface area (Å²) in [5.74, 6) is -0.404. The Morgan fingerprint density at radius 2 is 1.62 bits per heavy atom. The largest absolute Gasteiger partial charge is 0.324 e. The van der Waals surface area contributed by atoms with Crippen LogP contribution in [0.3, 0.4) is 0 Å². The molecule has 1 atom stereocenters. The van der Waals surface area contributed by atoms with Gasteiger partial charge in [-0.05, 0) is 34.9 Å². The van der Waals surface area contributed by atoms with Crippen LogP contribution >= 0.6 is 0 Å². The number of anilines is 1. The molecule has 0 bridgehead atoms. The van der Waals surface area contributed by atoms with E-state index in [-0.39, 0.29) is 11.7 Å². The number of amides is 1. The van der Waals surface area contributed by atoms with Crippen LogP contribution in [-0.4, -0.2) is 10.8 Å². The summed E-state index contributed by atoms with van der Waals surface area (Å²) in [7, 11) is 0. The first-order valence-electron chi connectivity index (χ1n) is 8.63. The highest BCUT2D eigenvalue weighted by molar-refractivity contribution is 5.96. The van der Waals surface area contributed by atoms with Crippen molar-refractivity contribution in [1.82, 2.24) is 4.90 Å². The summed E-state index contributed by atoms with van der Waals surface area (Å²) in [5.41, 5.74) is 3.82. The van der Waals surface area contributed by atoms with Gasteiger partial charge in [-0.15, -0.1) is 0 Å². The van der Waals surface area contributed by atoms with Crippen molar-refractivity contribution >= 4 is 11.6 Å². The Balaban J connectivity index is 1.75. The predicted octanol–water partition coefficient (Wildman–Crippen LogP) is 4.52. The normalized spacial score (nSPS) is 17.3. The quantitative estimate of drug-likeness (QED) is 0.756. The first kappa shape index (κ1) is 16.5. The van der Waals surface area contributed by atoms with Gasteiger partial charge in [-0.3, -0.25) is 9.69 Å². The van der Waals surface area contributed by atoms with Crippen molar-refractivity contribution in [2.24, 2.45) is 0 Å². The number of carbonyl (C=O) groups is 1. The van der Waals surface area contributed by atoms with E-state index in [0.717, 1.165) is 22.4 Å². The van der Waals surface area contributed by atoms with E-state index in [1.54, 1.807) is 12.1 Å². The Morgan fingerprint density at radius 1 is 0.923 bits per heavy atom. The molecular formula is C22H19FN2O. The Labute approximate surface area is 152 Å². The molecule has 0 saturated carbocycles. The van der Waals surface area contributed by atoms with Crippen LogP contribution in [0.5, 0.6) is 0 Å². The average Bonchev–Trinajstić information content (AvgIpc) is 2.79. The van der Waals surface area contributed by atoms with E-state index >= 15 is 0 Å². The average molecular weight is 346 g/mol. The fourth-order valence-electron chi connectivity index (χ4n) is 3.43. The van der Waals surface area contributed by atoms with E-state index in [4.69, 9.17) is 0 Å². The maximum atomic E-state index is 13.4. The molecule has 1 aliphatic heterocycles. The molecule has 0 aromatic heterocycles. The maximum Gasteiger partial charge on any atom is 0.246 e. The summed E-state index contributed by atoms with van der Waals surface area (Å²) in [6.45, 7) is 1.26. The third kappa shape index (κ3) is 3.37. The van der Waals surface area contributed by atoms with E-state index in [1.807, 2.05) is 42.5 Å². The minimum atomic E-state index is -0.483. The Hall–Kier alpha value is -2.98. The molecule has 1 aliphatic rings. The van der Waals surface area contributed by atoms with Crippen LogP contribution in [-0.2, 0) is 17.9 Å². The highest BCUT2D eigenvalue weighted by Gasteiger charge is 2.31. The molecule has 26 heavy (non-hydrogen) atoms. The topological polar surface area (TPSA) is 32.3 Å². The highest BCUT2D eigenvalue weighted by atomic mass is 19.1. The summed E-state index contributed by atoms with van der Waals surface area (Å²) < 4.78 is 13.4. The molecule has 4 rings (SSSR count). The standard InChI is InChI=1S/C22H19FN2O/c23-19-12-10-17(11-13-19)21-22(26)24-20-9-5-4-8-18(20)15-25(21)14-16-6-2-1-3-7-16/h1-13,21H,14-15H2,(H,24,26). The van der Waals surface area contributed by atoms with Crippen LogP contribution in [0.2, 0.25) is 0 Å². The van der Waals surface area contributed by atoms with Gasteiger partial charge in [0.25, 0.3) is 0 Å². The van der Waals surface area contributed by atoms with Crippen LogP contribution in [0, 0.1) is 5.82 Å². The van der Waals surface area contributed by atoms with Crippen molar-refractivity contribution in [3.05, 3.63) is 101 Å². The molecule has 3 aromatic rings. The monoisotopic (exact) mass is 346 g/mol. The van der Waals surface area contributed by atoms with Crippen molar-refractivity contribution in [3.63, 3.8) is 0 Å². The van der Waals surface area contributed by atoms with Gasteiger partial charge in [0.2, 0.25) is 5.91 Å². The molecule has 3 nitrogen and oxygen atoms in total. The van der Waals surface area contributed by atoms with Crippen LogP contribution < -0.4 is 5.32 Å². The second-order valence-electron chi connectivity index (χ2n) is 6.49. The van der Waals surface area contributed by atoms with Crippen molar-refractivity contribution < 1.29 is 9.18 Å². The minimum Gasteiger partial charge on any atom is -0.324 e. The Bertz CT molecular complexity index is 909. The van der Waals surface area contributed by atoms with Crippen LogP contribution in [0.4, 0.5) is 10.1 Å². The molecule has 0 spiro atoms. The zero-order chi connectivity index (χ0) is 17.9. The van der Waals surface area contributed by atoms with Gasteiger partial charge in [0.05, 0.1) is 0 Å². The van der Waals surface area contributed by atoms with E-state index in [0.29, 0.717) is 13.1 Å². The van der Waals surface area contributed by atoms with Crippen LogP contribution in [0.15, 0.2) is 78.9 Å². The first-order valence-corrected chi connectivity index (χ1v) is 8.63. The number of hydrogen-bond donors (Lipinski definition) is 1. The molecular weight excluding hydrogens is 327 g/mol. The fraction of sp³-hybridized carbons (Fsp3) is 0.136. The van der Waals surface area contributed by atoms with Gasteiger partial charge in [0.1, 0.15) is 11.9 Å². The summed E-state index contributed by atoms with van der Waals surface area (Å²) in [6, 6.07) is 23.6. The van der Waals surface area contributed by atoms with Crippen molar-refractivity contribution in [2.45, 2.75) is 19.1 Å². The molecule has 1 N–H and O–H groups in total. The summed E-state index contributed by atoms with van der Waals surface area (Å²) >= 11 is 0. The number of nitrogens with zero attached hydrogens (tertiary/aromatic N) is 1. The lowest BCUT2D eigenvalue weighted by molar-refractivity contribution is -0.121. The van der Waals surface area contributed by atoms with E-state index in [2.05, 4.69) is 22.3 Å². The summed E-state index contributed by atoms with van der Waals surface area (Å²) in [5, 5.41) is 3.03. The number of nitrogens with one attached hydrogen (secondary N) is 1. The third-order valence-electron chi connectivity index (χ3n) is 4.68. The molecule has 1 heterocycles. The SMILES string of the molecule is O=C1Nc2ccccc2CN(Cc2ccccc2)C1c1ccc(F)cc1. The lowest BCUT2D eigenvalue weighted by Gasteiger charge is -2.29. The van der Waals surface area contributed by atoms with E-state index in [1.165, 1.54) is 12.1 Å². The number of halogens is 1. The zero-order valence-electron chi connectivity index (χ0n) is 14.2. The lowest BCUT2D eigenvalue weighted by Crippen LogP contribution is -2.34. The van der Waals surface area contributed by atoms with Crippen LogP contribution in [0.1, 0.15) is 22.7 Å². The highest BCUT2D eigenvalue weighted by Crippen LogP contribution is 2.32. The van der Waals surface area contributed by atoms with Gasteiger partial charge in [-0.2, -0.15) is 0 Å². The summed E-state index contributed by atoms with van der Waals surface area (Å²) in [4.78, 5) is 15.1. The number of benzene rings is 3. The van der Waals surface area contributed by atoms with Gasteiger partial charge < -0.3 is 5.32 Å². The number of carbonyl (C=O) groups excluding carboxylic acids is 1. The minimum absolute atomic E-state index is 0.0995. The van der Waals surface area contributed by atoms with Gasteiger partial charge in [0, 0.05) is 18.8 Å². The van der Waals surface area contributed by atoms with Crippen molar-refractivity contribution in [2.75, 3.05) is 5.32 Å². The molecule has 0 fully saturated rings. The molecule has 0 aliphatic carbocycles. The molecule has 1 unspecified atom stereocenters. The van der Waals surface area contributed by atoms with Crippen LogP contribution in [0.25, 0.3) is 0 Å². The van der Waals surface area contributed by atoms with Crippen molar-refractivity contribution in [3.8, 4) is 0 Å². The number of hydrogen-bond acceptors (Lipinski definition) is 2. The number of para-hydroxylation sites is 1. The Kier molecular flexibility index (Phi) is 4.50. The number of fused-ring (bicyclic) bond motifs is 1. The number of rotatable bonds is 3. The third-order valence-corrected chi connectivity index (χ3v) is 4.68. The fourth-order valence-corrected chi connectivity index (χ4v) is 3.43. The second kappa shape index (κ2) is 7.10. The first-order chi connectivity index (χ1) is 12.7. The van der Waals surface area contributed by atoms with E-state index in [9.17, 15) is 9.18 Å². The van der Waals surface area contributed by atoms with Gasteiger partial charge in [-0.25, -0.2) is 4.39 Å². The molecule has 3 aromatic carbocycles. The lowest BCUT2D eigenvalue weighted by atomic mass is 10.0.